The maximum absolute atomic E-state index is 13.8. The molecule has 0 aliphatic heterocycles. The number of benzene rings is 1. The number of hydrogen-bond donors (Lipinski definition) is 2. The molecule has 3 N–H and O–H groups in total. The standard InChI is InChI=1S/C15H20F2N2O2/c1-3-5-19-14(20)9-21-15-12(16)7-10(8-13(15)17)6-11(18)4-2/h3,7-8,11H,1,4-6,9,18H2,2H3,(H,19,20). The summed E-state index contributed by atoms with van der Waals surface area (Å²) >= 11 is 0. The van der Waals surface area contributed by atoms with Crippen molar-refractivity contribution in [2.75, 3.05) is 13.2 Å². The van der Waals surface area contributed by atoms with Gasteiger partial charge in [0.1, 0.15) is 0 Å². The van der Waals surface area contributed by atoms with Crippen LogP contribution < -0.4 is 15.8 Å². The molecular weight excluding hydrogens is 278 g/mol. The van der Waals surface area contributed by atoms with Gasteiger partial charge in [0.05, 0.1) is 0 Å². The highest BCUT2D eigenvalue weighted by Gasteiger charge is 2.15. The normalized spacial score (nSPS) is 11.8. The van der Waals surface area contributed by atoms with Gasteiger partial charge < -0.3 is 15.8 Å². The largest absolute Gasteiger partial charge is 0.478 e. The van der Waals surface area contributed by atoms with Gasteiger partial charge in [0.25, 0.3) is 5.91 Å². The zero-order chi connectivity index (χ0) is 15.8. The maximum atomic E-state index is 13.8. The summed E-state index contributed by atoms with van der Waals surface area (Å²) in [5.74, 6) is -2.72. The Morgan fingerprint density at radius 3 is 2.62 bits per heavy atom. The quantitative estimate of drug-likeness (QED) is 0.721. The number of halogens is 2. The van der Waals surface area contributed by atoms with Crippen LogP contribution in [-0.4, -0.2) is 25.1 Å². The molecule has 0 spiro atoms. The number of nitrogens with one attached hydrogen (secondary N) is 1. The second kappa shape index (κ2) is 8.36. The summed E-state index contributed by atoms with van der Waals surface area (Å²) in [5.41, 5.74) is 6.21. The zero-order valence-electron chi connectivity index (χ0n) is 12.0. The van der Waals surface area contributed by atoms with Gasteiger partial charge in [0.15, 0.2) is 24.0 Å². The Morgan fingerprint density at radius 2 is 2.10 bits per heavy atom. The van der Waals surface area contributed by atoms with Crippen LogP contribution in [0.1, 0.15) is 18.9 Å². The van der Waals surface area contributed by atoms with Gasteiger partial charge >= 0.3 is 0 Å². The predicted molar refractivity (Wildman–Crippen MR) is 77.0 cm³/mol. The first kappa shape index (κ1) is 17.1. The van der Waals surface area contributed by atoms with Gasteiger partial charge in [0.2, 0.25) is 0 Å². The van der Waals surface area contributed by atoms with Gasteiger partial charge in [-0.15, -0.1) is 6.58 Å². The fourth-order valence-corrected chi connectivity index (χ4v) is 1.69. The van der Waals surface area contributed by atoms with Crippen molar-refractivity contribution in [3.63, 3.8) is 0 Å². The second-order valence-electron chi connectivity index (χ2n) is 4.64. The number of rotatable bonds is 8. The molecule has 1 unspecified atom stereocenters. The first-order valence-corrected chi connectivity index (χ1v) is 6.71. The Hall–Kier alpha value is -1.95. The van der Waals surface area contributed by atoms with E-state index in [1.807, 2.05) is 6.92 Å². The lowest BCUT2D eigenvalue weighted by atomic mass is 10.0. The summed E-state index contributed by atoms with van der Waals surface area (Å²) in [6.45, 7) is 5.14. The van der Waals surface area contributed by atoms with Crippen LogP contribution in [0.25, 0.3) is 0 Å². The van der Waals surface area contributed by atoms with E-state index in [1.165, 1.54) is 18.2 Å². The molecule has 1 amide bonds. The van der Waals surface area contributed by atoms with Crippen molar-refractivity contribution in [3.05, 3.63) is 42.0 Å². The summed E-state index contributed by atoms with van der Waals surface area (Å²) in [5, 5.41) is 2.44. The second-order valence-corrected chi connectivity index (χ2v) is 4.64. The molecule has 1 rings (SSSR count). The Bertz CT molecular complexity index is 483. The smallest absolute Gasteiger partial charge is 0.258 e. The van der Waals surface area contributed by atoms with E-state index < -0.39 is 29.9 Å². The lowest BCUT2D eigenvalue weighted by Gasteiger charge is -2.12. The van der Waals surface area contributed by atoms with Gasteiger partial charge in [-0.3, -0.25) is 4.79 Å². The number of ether oxygens (including phenoxy) is 1. The molecule has 6 heteroatoms. The average Bonchev–Trinajstić information content (AvgIpc) is 2.43. The van der Waals surface area contributed by atoms with Crippen LogP contribution in [-0.2, 0) is 11.2 Å². The molecule has 0 radical (unpaired) electrons. The third-order valence-corrected chi connectivity index (χ3v) is 2.87. The molecule has 0 saturated heterocycles. The van der Waals surface area contributed by atoms with Crippen LogP contribution in [0.15, 0.2) is 24.8 Å². The minimum atomic E-state index is -0.843. The summed E-state index contributed by atoms with van der Waals surface area (Å²) < 4.78 is 32.5. The first-order valence-electron chi connectivity index (χ1n) is 6.71. The van der Waals surface area contributed by atoms with Crippen molar-refractivity contribution in [2.45, 2.75) is 25.8 Å². The fourth-order valence-electron chi connectivity index (χ4n) is 1.69. The molecule has 0 fully saturated rings. The van der Waals surface area contributed by atoms with E-state index in [2.05, 4.69) is 11.9 Å². The Morgan fingerprint density at radius 1 is 1.48 bits per heavy atom. The molecule has 116 valence electrons. The SMILES string of the molecule is C=CCNC(=O)COc1c(F)cc(CC(N)CC)cc1F. The van der Waals surface area contributed by atoms with Crippen LogP contribution in [0.5, 0.6) is 5.75 Å². The predicted octanol–water partition coefficient (Wildman–Crippen LogP) is 1.93. The molecule has 1 aromatic rings. The van der Waals surface area contributed by atoms with Crippen LogP contribution in [0.3, 0.4) is 0 Å². The van der Waals surface area contributed by atoms with E-state index in [4.69, 9.17) is 10.5 Å². The lowest BCUT2D eigenvalue weighted by molar-refractivity contribution is -0.122. The number of hydrogen-bond acceptors (Lipinski definition) is 3. The highest BCUT2D eigenvalue weighted by molar-refractivity contribution is 5.77. The highest BCUT2D eigenvalue weighted by Crippen LogP contribution is 2.24. The number of nitrogens with two attached hydrogens (primary N) is 1. The average molecular weight is 298 g/mol. The first-order chi connectivity index (χ1) is 9.97. The van der Waals surface area contributed by atoms with E-state index >= 15 is 0 Å². The third-order valence-electron chi connectivity index (χ3n) is 2.87. The van der Waals surface area contributed by atoms with Crippen molar-refractivity contribution in [3.8, 4) is 5.75 Å². The topological polar surface area (TPSA) is 64.3 Å². The number of carbonyl (C=O) groups excluding carboxylic acids is 1. The van der Waals surface area contributed by atoms with E-state index in [9.17, 15) is 13.6 Å². The monoisotopic (exact) mass is 298 g/mol. The van der Waals surface area contributed by atoms with Gasteiger partial charge in [0, 0.05) is 12.6 Å². The lowest BCUT2D eigenvalue weighted by Crippen LogP contribution is -2.29. The summed E-state index contributed by atoms with van der Waals surface area (Å²) in [6.07, 6.45) is 2.58. The number of amides is 1. The maximum Gasteiger partial charge on any atom is 0.258 e. The summed E-state index contributed by atoms with van der Waals surface area (Å²) in [7, 11) is 0. The summed E-state index contributed by atoms with van der Waals surface area (Å²) in [4.78, 5) is 11.3. The van der Waals surface area contributed by atoms with Crippen molar-refractivity contribution in [1.82, 2.24) is 5.32 Å². The van der Waals surface area contributed by atoms with Gasteiger partial charge in [-0.05, 0) is 30.5 Å². The zero-order valence-corrected chi connectivity index (χ0v) is 12.0. The molecule has 4 nitrogen and oxygen atoms in total. The minimum absolute atomic E-state index is 0.153. The van der Waals surface area contributed by atoms with E-state index in [0.29, 0.717) is 18.4 Å². The molecule has 1 atom stereocenters. The van der Waals surface area contributed by atoms with E-state index in [1.54, 1.807) is 0 Å². The molecule has 21 heavy (non-hydrogen) atoms. The Kier molecular flexibility index (Phi) is 6.81. The van der Waals surface area contributed by atoms with Crippen LogP contribution in [0, 0.1) is 11.6 Å². The van der Waals surface area contributed by atoms with E-state index in [0.717, 1.165) is 0 Å². The van der Waals surface area contributed by atoms with Crippen LogP contribution in [0.2, 0.25) is 0 Å². The Balaban J connectivity index is 2.71. The molecule has 0 heterocycles. The third kappa shape index (κ3) is 5.51. The van der Waals surface area contributed by atoms with Crippen LogP contribution >= 0.6 is 0 Å². The molecule has 0 saturated carbocycles. The highest BCUT2D eigenvalue weighted by atomic mass is 19.1. The van der Waals surface area contributed by atoms with Crippen molar-refractivity contribution in [2.24, 2.45) is 5.73 Å². The van der Waals surface area contributed by atoms with Crippen molar-refractivity contribution >= 4 is 5.91 Å². The fraction of sp³-hybridized carbons (Fsp3) is 0.400. The molecule has 1 aromatic carbocycles. The molecule has 0 aliphatic carbocycles. The number of carbonyl (C=O) groups is 1. The van der Waals surface area contributed by atoms with Crippen molar-refractivity contribution in [1.29, 1.82) is 0 Å². The van der Waals surface area contributed by atoms with Gasteiger partial charge in [-0.2, -0.15) is 0 Å². The molecule has 0 aromatic heterocycles. The van der Waals surface area contributed by atoms with Gasteiger partial charge in [-0.25, -0.2) is 8.78 Å². The van der Waals surface area contributed by atoms with Crippen LogP contribution in [0.4, 0.5) is 8.78 Å². The van der Waals surface area contributed by atoms with Gasteiger partial charge in [-0.1, -0.05) is 13.0 Å². The Labute approximate surface area is 123 Å². The molecule has 0 bridgehead atoms. The van der Waals surface area contributed by atoms with E-state index in [-0.39, 0.29) is 12.6 Å². The molecular formula is C15H20F2N2O2. The summed E-state index contributed by atoms with van der Waals surface area (Å²) in [6, 6.07) is 2.20. The molecule has 0 aliphatic rings. The minimum Gasteiger partial charge on any atom is -0.478 e. The van der Waals surface area contributed by atoms with Crippen molar-refractivity contribution < 1.29 is 18.3 Å².